The van der Waals surface area contributed by atoms with Crippen molar-refractivity contribution in [2.75, 3.05) is 32.8 Å². The molecule has 1 saturated heterocycles. The van der Waals surface area contributed by atoms with E-state index in [1.165, 1.54) is 0 Å². The number of nitrogens with one attached hydrogen (secondary N) is 1. The van der Waals surface area contributed by atoms with Crippen molar-refractivity contribution >= 4 is 28.3 Å². The largest absolute Gasteiger partial charge is 0.494 e. The third-order valence-electron chi connectivity index (χ3n) is 3.92. The van der Waals surface area contributed by atoms with E-state index in [9.17, 15) is 13.2 Å². The van der Waals surface area contributed by atoms with E-state index in [1.54, 1.807) is 0 Å². The summed E-state index contributed by atoms with van der Waals surface area (Å²) in [6.45, 7) is 5.42. The van der Waals surface area contributed by atoms with Crippen LogP contribution in [0.2, 0.25) is 0 Å². The number of hydrogen-bond donors (Lipinski definition) is 1. The highest BCUT2D eigenvalue weighted by Gasteiger charge is 2.32. The summed E-state index contributed by atoms with van der Waals surface area (Å²) in [5.74, 6) is 0.668. The Bertz CT molecular complexity index is 511. The van der Waals surface area contributed by atoms with Gasteiger partial charge in [-0.1, -0.05) is 15.9 Å². The first-order chi connectivity index (χ1) is 10.9. The van der Waals surface area contributed by atoms with Gasteiger partial charge in [0.15, 0.2) is 0 Å². The second kappa shape index (κ2) is 9.85. The average Bonchev–Trinajstić information content (AvgIpc) is 2.50. The fraction of sp³-hybridized carbons (Fsp3) is 0.625. The molecule has 1 heterocycles. The molecule has 1 aromatic rings. The number of hydrogen-bond acceptors (Lipinski definition) is 3. The van der Waals surface area contributed by atoms with Crippen LogP contribution in [-0.2, 0) is 0 Å². The number of halogens is 5. The van der Waals surface area contributed by atoms with Crippen molar-refractivity contribution in [1.29, 1.82) is 0 Å². The highest BCUT2D eigenvalue weighted by molar-refractivity contribution is 9.10. The molecule has 0 bridgehead atoms. The SMILES string of the molecule is CCOc1ccc(Br)cc1[C@H](CCC(F)(F)F)N1CCNCC1.Cl. The smallest absolute Gasteiger partial charge is 0.389 e. The Hall–Kier alpha value is -0.500. The lowest BCUT2D eigenvalue weighted by atomic mass is 9.98. The third-order valence-corrected chi connectivity index (χ3v) is 4.42. The van der Waals surface area contributed by atoms with Crippen LogP contribution in [0.15, 0.2) is 22.7 Å². The number of alkyl halides is 3. The molecule has 2 rings (SSSR count). The molecule has 0 amide bonds. The Labute approximate surface area is 155 Å². The fourth-order valence-electron chi connectivity index (χ4n) is 2.90. The highest BCUT2D eigenvalue weighted by Crippen LogP contribution is 2.37. The summed E-state index contributed by atoms with van der Waals surface area (Å²) in [7, 11) is 0. The van der Waals surface area contributed by atoms with Crippen LogP contribution in [0.3, 0.4) is 0 Å². The fourth-order valence-corrected chi connectivity index (χ4v) is 3.27. The summed E-state index contributed by atoms with van der Waals surface area (Å²) in [6.07, 6.45) is -4.90. The van der Waals surface area contributed by atoms with Crippen LogP contribution in [-0.4, -0.2) is 43.9 Å². The van der Waals surface area contributed by atoms with Gasteiger partial charge in [-0.25, -0.2) is 0 Å². The van der Waals surface area contributed by atoms with Crippen LogP contribution < -0.4 is 10.1 Å². The Morgan fingerprint density at radius 2 is 1.96 bits per heavy atom. The molecule has 1 aliphatic rings. The van der Waals surface area contributed by atoms with Gasteiger partial charge >= 0.3 is 6.18 Å². The second-order valence-corrected chi connectivity index (χ2v) is 6.49. The molecule has 0 aliphatic carbocycles. The molecular formula is C16H23BrClF3N2O. The van der Waals surface area contributed by atoms with Gasteiger partial charge in [-0.15, -0.1) is 12.4 Å². The van der Waals surface area contributed by atoms with Gasteiger partial charge < -0.3 is 10.1 Å². The molecule has 0 saturated carbocycles. The van der Waals surface area contributed by atoms with Gasteiger partial charge in [0.05, 0.1) is 6.61 Å². The van der Waals surface area contributed by atoms with Crippen molar-refractivity contribution in [2.24, 2.45) is 0 Å². The summed E-state index contributed by atoms with van der Waals surface area (Å²) < 4.78 is 44.8. The maximum absolute atomic E-state index is 12.8. The topological polar surface area (TPSA) is 24.5 Å². The predicted octanol–water partition coefficient (Wildman–Crippen LogP) is 4.56. The van der Waals surface area contributed by atoms with E-state index in [4.69, 9.17) is 4.74 Å². The molecule has 1 atom stereocenters. The second-order valence-electron chi connectivity index (χ2n) is 5.57. The van der Waals surface area contributed by atoms with Crippen molar-refractivity contribution in [3.8, 4) is 5.75 Å². The summed E-state index contributed by atoms with van der Waals surface area (Å²) >= 11 is 3.42. The van der Waals surface area contributed by atoms with Gasteiger partial charge in [0.2, 0.25) is 0 Å². The van der Waals surface area contributed by atoms with E-state index >= 15 is 0 Å². The van der Waals surface area contributed by atoms with Crippen LogP contribution >= 0.6 is 28.3 Å². The Morgan fingerprint density at radius 3 is 2.54 bits per heavy atom. The summed E-state index contributed by atoms with van der Waals surface area (Å²) in [6, 6.07) is 5.27. The monoisotopic (exact) mass is 430 g/mol. The lowest BCUT2D eigenvalue weighted by molar-refractivity contribution is -0.138. The predicted molar refractivity (Wildman–Crippen MR) is 95.0 cm³/mol. The van der Waals surface area contributed by atoms with Gasteiger partial charge in [0.1, 0.15) is 5.75 Å². The van der Waals surface area contributed by atoms with Crippen molar-refractivity contribution in [3.63, 3.8) is 0 Å². The van der Waals surface area contributed by atoms with E-state index in [0.29, 0.717) is 12.4 Å². The van der Waals surface area contributed by atoms with Crippen molar-refractivity contribution in [1.82, 2.24) is 10.2 Å². The van der Waals surface area contributed by atoms with E-state index in [-0.39, 0.29) is 24.9 Å². The van der Waals surface area contributed by atoms with Crippen LogP contribution in [0.25, 0.3) is 0 Å². The van der Waals surface area contributed by atoms with Crippen LogP contribution in [0.5, 0.6) is 5.75 Å². The average molecular weight is 432 g/mol. The molecule has 0 unspecified atom stereocenters. The molecule has 0 spiro atoms. The summed E-state index contributed by atoms with van der Waals surface area (Å²) in [5.41, 5.74) is 0.826. The molecule has 0 radical (unpaired) electrons. The number of benzene rings is 1. The molecule has 1 aliphatic heterocycles. The number of piperazine rings is 1. The highest BCUT2D eigenvalue weighted by atomic mass is 79.9. The Balaban J connectivity index is 0.00000288. The molecular weight excluding hydrogens is 409 g/mol. The normalized spacial score (nSPS) is 17.2. The minimum Gasteiger partial charge on any atom is -0.494 e. The van der Waals surface area contributed by atoms with Gasteiger partial charge in [0, 0.05) is 48.7 Å². The maximum atomic E-state index is 12.8. The first-order valence-corrected chi connectivity index (χ1v) is 8.64. The Kier molecular flexibility index (Phi) is 8.84. The van der Waals surface area contributed by atoms with Gasteiger partial charge in [-0.2, -0.15) is 13.2 Å². The summed E-state index contributed by atoms with van der Waals surface area (Å²) in [5, 5.41) is 3.24. The van der Waals surface area contributed by atoms with Crippen molar-refractivity contribution in [3.05, 3.63) is 28.2 Å². The van der Waals surface area contributed by atoms with Gasteiger partial charge in [-0.05, 0) is 31.5 Å². The first kappa shape index (κ1) is 21.5. The molecule has 24 heavy (non-hydrogen) atoms. The lowest BCUT2D eigenvalue weighted by Gasteiger charge is -2.36. The summed E-state index contributed by atoms with van der Waals surface area (Å²) in [4.78, 5) is 2.12. The zero-order chi connectivity index (χ0) is 16.9. The third kappa shape index (κ3) is 6.43. The first-order valence-electron chi connectivity index (χ1n) is 7.84. The molecule has 3 nitrogen and oxygen atoms in total. The number of ether oxygens (including phenoxy) is 1. The minimum absolute atomic E-state index is 0. The van der Waals surface area contributed by atoms with Crippen LogP contribution in [0.1, 0.15) is 31.4 Å². The van der Waals surface area contributed by atoms with Gasteiger partial charge in [-0.3, -0.25) is 4.90 Å². The molecule has 1 aromatic carbocycles. The van der Waals surface area contributed by atoms with Gasteiger partial charge in [0.25, 0.3) is 0 Å². The quantitative estimate of drug-likeness (QED) is 0.715. The van der Waals surface area contributed by atoms with E-state index in [1.807, 2.05) is 25.1 Å². The maximum Gasteiger partial charge on any atom is 0.389 e. The standard InChI is InChI=1S/C16H22BrF3N2O.ClH/c1-2-23-15-4-3-12(17)11-13(15)14(5-6-16(18,19)20)22-9-7-21-8-10-22;/h3-4,11,14,21H,2,5-10H2,1H3;1H/t14-;/m0./s1. The van der Waals surface area contributed by atoms with Crippen LogP contribution in [0.4, 0.5) is 13.2 Å². The lowest BCUT2D eigenvalue weighted by Crippen LogP contribution is -2.45. The minimum atomic E-state index is -4.15. The zero-order valence-electron chi connectivity index (χ0n) is 13.5. The van der Waals surface area contributed by atoms with E-state index in [2.05, 4.69) is 26.1 Å². The molecule has 0 aromatic heterocycles. The van der Waals surface area contributed by atoms with Crippen LogP contribution in [0, 0.1) is 0 Å². The van der Waals surface area contributed by atoms with Crippen molar-refractivity contribution in [2.45, 2.75) is 32.0 Å². The van der Waals surface area contributed by atoms with Crippen molar-refractivity contribution < 1.29 is 17.9 Å². The molecule has 8 heteroatoms. The molecule has 1 fully saturated rings. The number of rotatable bonds is 6. The van der Waals surface area contributed by atoms with E-state index in [0.717, 1.165) is 36.2 Å². The molecule has 1 N–H and O–H groups in total. The number of nitrogens with zero attached hydrogens (tertiary/aromatic N) is 1. The van der Waals surface area contributed by atoms with E-state index < -0.39 is 12.6 Å². The Morgan fingerprint density at radius 1 is 1.29 bits per heavy atom. The zero-order valence-corrected chi connectivity index (χ0v) is 15.9. The molecule has 138 valence electrons.